The topological polar surface area (TPSA) is 54.3 Å². The molecule has 1 fully saturated rings. The van der Waals surface area contributed by atoms with Gasteiger partial charge in [-0.2, -0.15) is 0 Å². The molecule has 0 spiro atoms. The van der Waals surface area contributed by atoms with E-state index in [9.17, 15) is 9.59 Å². The molecule has 2 heterocycles. The van der Waals surface area contributed by atoms with Crippen LogP contribution in [0.15, 0.2) is 42.7 Å². The van der Waals surface area contributed by atoms with Crippen molar-refractivity contribution in [1.82, 2.24) is 9.47 Å². The monoisotopic (exact) mass is 353 g/mol. The van der Waals surface area contributed by atoms with Crippen LogP contribution < -0.4 is 5.32 Å². The van der Waals surface area contributed by atoms with Gasteiger partial charge < -0.3 is 14.8 Å². The lowest BCUT2D eigenvalue weighted by Gasteiger charge is -2.20. The lowest BCUT2D eigenvalue weighted by atomic mass is 10.1. The van der Waals surface area contributed by atoms with E-state index in [2.05, 4.69) is 12.2 Å². The van der Waals surface area contributed by atoms with Gasteiger partial charge in [-0.15, -0.1) is 0 Å². The first kappa shape index (κ1) is 18.2. The number of carbonyl (C=O) groups is 2. The number of rotatable bonds is 6. The number of anilines is 1. The molecule has 1 aromatic heterocycles. The molecule has 1 atom stereocenters. The fraction of sp³-hybridized carbons (Fsp3) is 0.429. The van der Waals surface area contributed by atoms with Crippen LogP contribution in [0.1, 0.15) is 54.6 Å². The summed E-state index contributed by atoms with van der Waals surface area (Å²) in [6, 6.07) is 9.17. The first-order valence-electron chi connectivity index (χ1n) is 9.43. The molecule has 0 aliphatic carbocycles. The van der Waals surface area contributed by atoms with Crippen molar-refractivity contribution in [1.29, 1.82) is 0 Å². The lowest BCUT2D eigenvalue weighted by Crippen LogP contribution is -2.28. The van der Waals surface area contributed by atoms with Gasteiger partial charge in [-0.1, -0.05) is 13.3 Å². The predicted octanol–water partition coefficient (Wildman–Crippen LogP) is 4.01. The number of benzene rings is 1. The molecule has 138 valence electrons. The average Bonchev–Trinajstić information content (AvgIpc) is 3.34. The van der Waals surface area contributed by atoms with Crippen molar-refractivity contribution in [3.05, 3.63) is 53.9 Å². The maximum Gasteiger partial charge on any atom is 0.253 e. The Balaban J connectivity index is 1.72. The molecule has 0 bridgehead atoms. The summed E-state index contributed by atoms with van der Waals surface area (Å²) < 4.78 is 1.94. The van der Waals surface area contributed by atoms with Crippen LogP contribution in [0, 0.1) is 6.92 Å². The third kappa shape index (κ3) is 3.98. The highest BCUT2D eigenvalue weighted by Crippen LogP contribution is 2.22. The number of likely N-dealkylation sites (tertiary alicyclic amines) is 1. The standard InChI is InChI=1S/C21H27N3O2/c1-3-8-19(23-11-4-5-12-23)20(25)22-18-10-9-17(15-16(18)2)21(26)24-13-6-7-14-24/h4-5,9-12,15,19H,3,6-8,13-14H2,1-2H3,(H,22,25). The number of nitrogens with one attached hydrogen (secondary N) is 1. The van der Waals surface area contributed by atoms with Crippen LogP contribution in [0.2, 0.25) is 0 Å². The number of carbonyl (C=O) groups excluding carboxylic acids is 2. The summed E-state index contributed by atoms with van der Waals surface area (Å²) in [7, 11) is 0. The molecule has 5 nitrogen and oxygen atoms in total. The molecule has 5 heteroatoms. The van der Waals surface area contributed by atoms with Crippen LogP contribution in [0.25, 0.3) is 0 Å². The summed E-state index contributed by atoms with van der Waals surface area (Å²) >= 11 is 0. The smallest absolute Gasteiger partial charge is 0.253 e. The normalized spacial score (nSPS) is 15.1. The van der Waals surface area contributed by atoms with E-state index in [-0.39, 0.29) is 17.9 Å². The summed E-state index contributed by atoms with van der Waals surface area (Å²) in [5, 5.41) is 3.03. The molecule has 1 unspecified atom stereocenters. The summed E-state index contributed by atoms with van der Waals surface area (Å²) in [6.07, 6.45) is 7.72. The fourth-order valence-electron chi connectivity index (χ4n) is 3.50. The molecule has 1 aliphatic heterocycles. The highest BCUT2D eigenvalue weighted by atomic mass is 16.2. The van der Waals surface area contributed by atoms with Gasteiger partial charge in [0.25, 0.3) is 5.91 Å². The average molecular weight is 353 g/mol. The first-order chi connectivity index (χ1) is 12.6. The molecule has 0 saturated carbocycles. The zero-order valence-corrected chi connectivity index (χ0v) is 15.6. The Morgan fingerprint density at radius 3 is 2.46 bits per heavy atom. The summed E-state index contributed by atoms with van der Waals surface area (Å²) in [4.78, 5) is 27.2. The van der Waals surface area contributed by atoms with Crippen LogP contribution in [0.4, 0.5) is 5.69 Å². The number of nitrogens with zero attached hydrogens (tertiary/aromatic N) is 2. The SMILES string of the molecule is CCCC(C(=O)Nc1ccc(C(=O)N2CCCC2)cc1C)n1cccc1. The number of aromatic nitrogens is 1. The number of hydrogen-bond acceptors (Lipinski definition) is 2. The Labute approximate surface area is 155 Å². The Hall–Kier alpha value is -2.56. The molecule has 1 N–H and O–H groups in total. The molecule has 26 heavy (non-hydrogen) atoms. The summed E-state index contributed by atoms with van der Waals surface area (Å²) in [6.45, 7) is 5.69. The Bertz CT molecular complexity index is 762. The molecule has 0 radical (unpaired) electrons. The zero-order valence-electron chi connectivity index (χ0n) is 15.6. The van der Waals surface area contributed by atoms with Crippen molar-refractivity contribution in [2.24, 2.45) is 0 Å². The molecular weight excluding hydrogens is 326 g/mol. The lowest BCUT2D eigenvalue weighted by molar-refractivity contribution is -0.119. The Kier molecular flexibility index (Phi) is 5.76. The quantitative estimate of drug-likeness (QED) is 0.853. The van der Waals surface area contributed by atoms with Crippen molar-refractivity contribution in [3.8, 4) is 0 Å². The summed E-state index contributed by atoms with van der Waals surface area (Å²) in [5.41, 5.74) is 2.37. The van der Waals surface area contributed by atoms with Gasteiger partial charge in [0.15, 0.2) is 0 Å². The van der Waals surface area contributed by atoms with E-state index < -0.39 is 0 Å². The van der Waals surface area contributed by atoms with Gasteiger partial charge in [0.1, 0.15) is 6.04 Å². The molecule has 1 aliphatic rings. The number of hydrogen-bond donors (Lipinski definition) is 1. The highest BCUT2D eigenvalue weighted by molar-refractivity contribution is 5.97. The molecule has 1 saturated heterocycles. The second-order valence-electron chi connectivity index (χ2n) is 6.95. The van der Waals surface area contributed by atoms with E-state index >= 15 is 0 Å². The minimum atomic E-state index is -0.222. The predicted molar refractivity (Wildman–Crippen MR) is 103 cm³/mol. The minimum absolute atomic E-state index is 0.0234. The van der Waals surface area contributed by atoms with Gasteiger partial charge in [-0.3, -0.25) is 9.59 Å². The molecule has 2 amide bonds. The second kappa shape index (κ2) is 8.21. The van der Waals surface area contributed by atoms with E-state index in [1.165, 1.54) is 0 Å². The van der Waals surface area contributed by atoms with Crippen molar-refractivity contribution >= 4 is 17.5 Å². The van der Waals surface area contributed by atoms with Gasteiger partial charge in [0.2, 0.25) is 5.91 Å². The highest BCUT2D eigenvalue weighted by Gasteiger charge is 2.22. The third-order valence-electron chi connectivity index (χ3n) is 4.98. The molecule has 2 aromatic rings. The fourth-order valence-corrected chi connectivity index (χ4v) is 3.50. The number of amides is 2. The van der Waals surface area contributed by atoms with Gasteiger partial charge >= 0.3 is 0 Å². The molecular formula is C21H27N3O2. The van der Waals surface area contributed by atoms with Crippen molar-refractivity contribution in [3.63, 3.8) is 0 Å². The van der Waals surface area contributed by atoms with Gasteiger partial charge in [-0.05, 0) is 62.1 Å². The van der Waals surface area contributed by atoms with Crippen molar-refractivity contribution in [2.75, 3.05) is 18.4 Å². The minimum Gasteiger partial charge on any atom is -0.342 e. The maximum atomic E-state index is 12.8. The van der Waals surface area contributed by atoms with Crippen LogP contribution >= 0.6 is 0 Å². The van der Waals surface area contributed by atoms with Gasteiger partial charge in [0.05, 0.1) is 0 Å². The zero-order chi connectivity index (χ0) is 18.5. The van der Waals surface area contributed by atoms with E-state index in [1.54, 1.807) is 0 Å². The van der Waals surface area contributed by atoms with Crippen molar-refractivity contribution < 1.29 is 9.59 Å². The first-order valence-corrected chi connectivity index (χ1v) is 9.43. The maximum absolute atomic E-state index is 12.8. The second-order valence-corrected chi connectivity index (χ2v) is 6.95. The Morgan fingerprint density at radius 2 is 1.85 bits per heavy atom. The Morgan fingerprint density at radius 1 is 1.15 bits per heavy atom. The van der Waals surface area contributed by atoms with E-state index in [0.29, 0.717) is 5.56 Å². The van der Waals surface area contributed by atoms with E-state index in [1.807, 2.05) is 59.1 Å². The summed E-state index contributed by atoms with van der Waals surface area (Å²) in [5.74, 6) is 0.0597. The van der Waals surface area contributed by atoms with Crippen LogP contribution in [0.3, 0.4) is 0 Å². The van der Waals surface area contributed by atoms with E-state index in [0.717, 1.165) is 50.0 Å². The van der Waals surface area contributed by atoms with Gasteiger partial charge in [-0.25, -0.2) is 0 Å². The van der Waals surface area contributed by atoms with Crippen molar-refractivity contribution in [2.45, 2.75) is 45.6 Å². The van der Waals surface area contributed by atoms with Crippen LogP contribution in [-0.2, 0) is 4.79 Å². The number of aryl methyl sites for hydroxylation is 1. The third-order valence-corrected chi connectivity index (χ3v) is 4.98. The van der Waals surface area contributed by atoms with Crippen LogP contribution in [-0.4, -0.2) is 34.4 Å². The van der Waals surface area contributed by atoms with Crippen LogP contribution in [0.5, 0.6) is 0 Å². The van der Waals surface area contributed by atoms with Gasteiger partial charge in [0, 0.05) is 36.7 Å². The molecule has 1 aromatic carbocycles. The van der Waals surface area contributed by atoms with E-state index in [4.69, 9.17) is 0 Å². The largest absolute Gasteiger partial charge is 0.342 e. The molecule has 3 rings (SSSR count).